The van der Waals surface area contributed by atoms with Crippen LogP contribution in [0, 0.1) is 17.8 Å². The summed E-state index contributed by atoms with van der Waals surface area (Å²) in [5.74, 6) is -1.12. The quantitative estimate of drug-likeness (QED) is 0.0189. The molecule has 0 spiro atoms. The summed E-state index contributed by atoms with van der Waals surface area (Å²) in [6.45, 7) is 15.2. The molecule has 0 saturated carbocycles. The number of nitrogens with zero attached hydrogens (tertiary/aromatic N) is 1. The van der Waals surface area contributed by atoms with E-state index in [1.54, 1.807) is 0 Å². The van der Waals surface area contributed by atoms with Crippen molar-refractivity contribution in [1.29, 1.82) is 0 Å². The average molecular weight is 922 g/mol. The predicted molar refractivity (Wildman–Crippen MR) is 259 cm³/mol. The van der Waals surface area contributed by atoms with E-state index in [4.69, 9.17) is 33.2 Å². The van der Waals surface area contributed by atoms with Crippen LogP contribution in [0.15, 0.2) is 24.3 Å². The lowest BCUT2D eigenvalue weighted by Crippen LogP contribution is -2.37. The van der Waals surface area contributed by atoms with Crippen LogP contribution in [0.2, 0.25) is 0 Å². The Bertz CT molecular complexity index is 1200. The Labute approximate surface area is 396 Å². The van der Waals surface area contributed by atoms with E-state index in [1.165, 1.54) is 19.3 Å². The fourth-order valence-corrected chi connectivity index (χ4v) is 7.72. The molecule has 1 aliphatic rings. The molecule has 0 aromatic heterocycles. The van der Waals surface area contributed by atoms with Crippen LogP contribution in [0.3, 0.4) is 0 Å². The molecule has 0 N–H and O–H groups in total. The maximum atomic E-state index is 13.0. The molecule has 0 aromatic carbocycles. The molecule has 0 amide bonds. The Morgan fingerprint density at radius 2 is 1.15 bits per heavy atom. The molecule has 12 heteroatoms. The van der Waals surface area contributed by atoms with Gasteiger partial charge in [-0.1, -0.05) is 117 Å². The predicted octanol–water partition coefficient (Wildman–Crippen LogP) is 12.6. The van der Waals surface area contributed by atoms with Crippen LogP contribution < -0.4 is 0 Å². The first kappa shape index (κ1) is 60.1. The number of allylic oxidation sites excluding steroid dienone is 4. The number of rotatable bonds is 43. The van der Waals surface area contributed by atoms with Crippen molar-refractivity contribution in [3.05, 3.63) is 24.3 Å². The molecule has 378 valence electrons. The first-order valence-corrected chi connectivity index (χ1v) is 26.3. The number of carbonyl (C=O) groups excluding carboxylic acids is 4. The lowest BCUT2D eigenvalue weighted by atomic mass is 9.95. The highest BCUT2D eigenvalue weighted by Gasteiger charge is 2.23. The highest BCUT2D eigenvalue weighted by molar-refractivity contribution is 5.72. The highest BCUT2D eigenvalue weighted by atomic mass is 16.7. The van der Waals surface area contributed by atoms with Gasteiger partial charge in [-0.05, 0) is 103 Å². The van der Waals surface area contributed by atoms with Crippen molar-refractivity contribution in [2.75, 3.05) is 65.9 Å². The number of hydrogen-bond acceptors (Lipinski definition) is 12. The Kier molecular flexibility index (Phi) is 40.3. The van der Waals surface area contributed by atoms with Crippen LogP contribution in [0.4, 0.5) is 4.79 Å². The third-order valence-electron chi connectivity index (χ3n) is 11.8. The SMILES string of the molecule is CC/C=C\CCCCOC(CCC(=O)OCC(COC(=O)CCCCCCCOC(=O)C(CCCC)CCCCCC)COC(=O)OCC1CCCN(CC)C1)OCCCC/C=C\CC. The summed E-state index contributed by atoms with van der Waals surface area (Å²) in [5, 5.41) is 0. The zero-order valence-electron chi connectivity index (χ0n) is 42.0. The summed E-state index contributed by atoms with van der Waals surface area (Å²) < 4.78 is 40.0. The van der Waals surface area contributed by atoms with Gasteiger partial charge in [0, 0.05) is 38.5 Å². The molecule has 65 heavy (non-hydrogen) atoms. The first-order chi connectivity index (χ1) is 31.8. The minimum Gasteiger partial charge on any atom is -0.465 e. The fourth-order valence-electron chi connectivity index (χ4n) is 7.72. The number of hydrogen-bond donors (Lipinski definition) is 0. The number of piperidine rings is 1. The monoisotopic (exact) mass is 922 g/mol. The summed E-state index contributed by atoms with van der Waals surface area (Å²) in [6, 6.07) is 0. The van der Waals surface area contributed by atoms with Gasteiger partial charge >= 0.3 is 24.1 Å². The molecular weight excluding hydrogens is 827 g/mol. The Morgan fingerprint density at radius 1 is 0.569 bits per heavy atom. The van der Waals surface area contributed by atoms with E-state index >= 15 is 0 Å². The molecule has 3 unspecified atom stereocenters. The van der Waals surface area contributed by atoms with Gasteiger partial charge in [0.05, 0.1) is 31.5 Å². The second kappa shape index (κ2) is 43.6. The van der Waals surface area contributed by atoms with Crippen molar-refractivity contribution in [3.63, 3.8) is 0 Å². The molecule has 1 heterocycles. The standard InChI is InChI=1S/C53H95NO11/c1-6-11-15-18-22-27-38-59-51(60-39-28-23-19-16-12-7-2)36-35-50(56)63-44-47(45-65-53(58)64-42-46-31-30-37-54(10-5)41-46)43-62-49(55)34-26-21-20-24-29-40-61-52(57)48(32-14-9-4)33-25-17-13-8-3/h11-12,15-16,46-48,51H,6-10,13-14,17-45H2,1-5H3/b15-11-,16-12-. The van der Waals surface area contributed by atoms with Crippen LogP contribution in [0.25, 0.3) is 0 Å². The van der Waals surface area contributed by atoms with E-state index < -0.39 is 24.3 Å². The molecule has 1 saturated heterocycles. The first-order valence-electron chi connectivity index (χ1n) is 26.3. The molecular formula is C53H95NO11. The van der Waals surface area contributed by atoms with E-state index in [2.05, 4.69) is 63.8 Å². The van der Waals surface area contributed by atoms with Gasteiger partial charge in [-0.2, -0.15) is 0 Å². The molecule has 1 aliphatic heterocycles. The second-order valence-corrected chi connectivity index (χ2v) is 17.8. The zero-order valence-corrected chi connectivity index (χ0v) is 42.0. The smallest absolute Gasteiger partial charge is 0.465 e. The molecule has 0 bridgehead atoms. The largest absolute Gasteiger partial charge is 0.508 e. The van der Waals surface area contributed by atoms with Gasteiger partial charge in [-0.15, -0.1) is 0 Å². The van der Waals surface area contributed by atoms with E-state index in [1.807, 2.05) is 0 Å². The highest BCUT2D eigenvalue weighted by Crippen LogP contribution is 2.20. The zero-order chi connectivity index (χ0) is 47.4. The summed E-state index contributed by atoms with van der Waals surface area (Å²) in [5.41, 5.74) is 0. The van der Waals surface area contributed by atoms with Gasteiger partial charge in [-0.25, -0.2) is 4.79 Å². The number of likely N-dealkylation sites (tertiary alicyclic amines) is 1. The fraction of sp³-hybridized carbons (Fsp3) is 0.849. The molecule has 0 aliphatic carbocycles. The lowest BCUT2D eigenvalue weighted by molar-refractivity contribution is -0.161. The van der Waals surface area contributed by atoms with Crippen LogP contribution >= 0.6 is 0 Å². The van der Waals surface area contributed by atoms with Crippen molar-refractivity contribution >= 4 is 24.1 Å². The van der Waals surface area contributed by atoms with Gasteiger partial charge in [0.25, 0.3) is 0 Å². The molecule has 1 fully saturated rings. The molecule has 0 aromatic rings. The molecule has 3 atom stereocenters. The van der Waals surface area contributed by atoms with Crippen molar-refractivity contribution in [2.45, 2.75) is 208 Å². The average Bonchev–Trinajstić information content (AvgIpc) is 3.31. The Hall–Kier alpha value is -2.96. The summed E-state index contributed by atoms with van der Waals surface area (Å²) in [4.78, 5) is 53.5. The van der Waals surface area contributed by atoms with E-state index in [9.17, 15) is 19.2 Å². The minimum absolute atomic E-state index is 0.0111. The maximum absolute atomic E-state index is 13.0. The summed E-state index contributed by atoms with van der Waals surface area (Å²) in [7, 11) is 0. The van der Waals surface area contributed by atoms with Crippen molar-refractivity contribution in [2.24, 2.45) is 17.8 Å². The van der Waals surface area contributed by atoms with Crippen LogP contribution in [0.1, 0.15) is 202 Å². The van der Waals surface area contributed by atoms with Gasteiger partial charge in [-0.3, -0.25) is 14.4 Å². The van der Waals surface area contributed by atoms with E-state index in [-0.39, 0.29) is 63.0 Å². The maximum Gasteiger partial charge on any atom is 0.508 e. The topological polar surface area (TPSA) is 136 Å². The van der Waals surface area contributed by atoms with Crippen molar-refractivity contribution in [1.82, 2.24) is 4.90 Å². The van der Waals surface area contributed by atoms with Crippen LogP contribution in [-0.2, 0) is 47.5 Å². The van der Waals surface area contributed by atoms with E-state index in [0.29, 0.717) is 32.7 Å². The third-order valence-corrected chi connectivity index (χ3v) is 11.8. The van der Waals surface area contributed by atoms with Crippen LogP contribution in [0.5, 0.6) is 0 Å². The number of unbranched alkanes of at least 4 members (excludes halogenated alkanes) is 12. The third kappa shape index (κ3) is 35.8. The van der Waals surface area contributed by atoms with E-state index in [0.717, 1.165) is 142 Å². The Balaban J connectivity index is 2.61. The Morgan fingerprint density at radius 3 is 1.80 bits per heavy atom. The molecule has 12 nitrogen and oxygen atoms in total. The number of carbonyl (C=O) groups is 4. The molecule has 0 radical (unpaired) electrons. The van der Waals surface area contributed by atoms with Crippen molar-refractivity contribution in [3.8, 4) is 0 Å². The van der Waals surface area contributed by atoms with Gasteiger partial charge in [0.2, 0.25) is 0 Å². The van der Waals surface area contributed by atoms with Crippen LogP contribution in [-0.4, -0.2) is 101 Å². The van der Waals surface area contributed by atoms with Gasteiger partial charge in [0.1, 0.15) is 19.8 Å². The number of esters is 3. The lowest BCUT2D eigenvalue weighted by Gasteiger charge is -2.31. The second-order valence-electron chi connectivity index (χ2n) is 17.8. The normalized spacial score (nSPS) is 15.4. The minimum atomic E-state index is -0.783. The van der Waals surface area contributed by atoms with Gasteiger partial charge < -0.3 is 38.1 Å². The number of ether oxygens (including phenoxy) is 7. The summed E-state index contributed by atoms with van der Waals surface area (Å²) in [6.07, 6.45) is 30.9. The van der Waals surface area contributed by atoms with Gasteiger partial charge in [0.15, 0.2) is 6.29 Å². The summed E-state index contributed by atoms with van der Waals surface area (Å²) >= 11 is 0. The van der Waals surface area contributed by atoms with Crippen molar-refractivity contribution < 1.29 is 52.3 Å². The molecule has 1 rings (SSSR count).